The van der Waals surface area contributed by atoms with Crippen LogP contribution in [0, 0.1) is 18.8 Å². The number of amides is 1. The average Bonchev–Trinajstić information content (AvgIpc) is 2.52. The molecule has 0 aliphatic heterocycles. The zero-order valence-electron chi connectivity index (χ0n) is 12.9. The Kier molecular flexibility index (Phi) is 6.15. The minimum absolute atomic E-state index is 0.0104. The van der Waals surface area contributed by atoms with Gasteiger partial charge in [-0.25, -0.2) is 0 Å². The number of carbonyl (C=O) groups is 1. The highest BCUT2D eigenvalue weighted by atomic mass is 79.9. The molecule has 0 bridgehead atoms. The molecule has 1 aliphatic carbocycles. The van der Waals surface area contributed by atoms with Gasteiger partial charge in [-0.1, -0.05) is 35.7 Å². The van der Waals surface area contributed by atoms with Gasteiger partial charge in [0, 0.05) is 11.9 Å². The monoisotopic (exact) mass is 353 g/mol. The van der Waals surface area contributed by atoms with E-state index in [4.69, 9.17) is 0 Å². The number of halogens is 1. The molecule has 0 radical (unpaired) electrons. The molecule has 1 amide bonds. The Hall–Kier alpha value is -0.970. The minimum Gasteiger partial charge on any atom is -0.352 e. The van der Waals surface area contributed by atoms with E-state index in [0.717, 1.165) is 29.7 Å². The van der Waals surface area contributed by atoms with Crippen LogP contribution in [-0.4, -0.2) is 28.0 Å². The molecule has 1 aromatic heterocycles. The number of aromatic nitrogens is 2. The molecule has 1 aromatic rings. The molecule has 0 aromatic carbocycles. The minimum atomic E-state index is -0.0104. The maximum absolute atomic E-state index is 12.4. The second-order valence-electron chi connectivity index (χ2n) is 5.87. The molecule has 2 rings (SSSR count). The summed E-state index contributed by atoms with van der Waals surface area (Å²) in [6.45, 7) is 4.63. The van der Waals surface area contributed by atoms with Crippen molar-refractivity contribution in [3.05, 3.63) is 23.0 Å². The Bertz CT molecular complexity index is 492. The van der Waals surface area contributed by atoms with Crippen LogP contribution in [0.15, 0.2) is 6.07 Å². The summed E-state index contributed by atoms with van der Waals surface area (Å²) in [5.74, 6) is 1.26. The van der Waals surface area contributed by atoms with E-state index in [1.165, 1.54) is 25.7 Å². The van der Waals surface area contributed by atoms with Crippen LogP contribution in [-0.2, 0) is 6.42 Å². The van der Waals surface area contributed by atoms with Crippen LogP contribution in [0.4, 0.5) is 0 Å². The lowest BCUT2D eigenvalue weighted by molar-refractivity contribution is 0.0935. The van der Waals surface area contributed by atoms with Gasteiger partial charge in [-0.2, -0.15) is 10.2 Å². The molecule has 116 valence electrons. The largest absolute Gasteiger partial charge is 0.352 e. The lowest BCUT2D eigenvalue weighted by atomic mass is 9.80. The number of alkyl halides is 1. The highest BCUT2D eigenvalue weighted by molar-refractivity contribution is 9.09. The Morgan fingerprint density at radius 1 is 1.33 bits per heavy atom. The van der Waals surface area contributed by atoms with Crippen LogP contribution in [0.25, 0.3) is 0 Å². The van der Waals surface area contributed by atoms with Gasteiger partial charge in [-0.05, 0) is 44.1 Å². The Morgan fingerprint density at radius 2 is 2.05 bits per heavy atom. The highest BCUT2D eigenvalue weighted by Crippen LogP contribution is 2.30. The maximum atomic E-state index is 12.4. The molecule has 0 saturated heterocycles. The van der Waals surface area contributed by atoms with Gasteiger partial charge in [0.2, 0.25) is 0 Å². The van der Waals surface area contributed by atoms with Gasteiger partial charge in [0.25, 0.3) is 5.91 Å². The van der Waals surface area contributed by atoms with E-state index in [-0.39, 0.29) is 5.91 Å². The molecule has 0 spiro atoms. The van der Waals surface area contributed by atoms with Crippen LogP contribution in [0.5, 0.6) is 0 Å². The fourth-order valence-electron chi connectivity index (χ4n) is 3.05. The quantitative estimate of drug-likeness (QED) is 0.826. The number of hydrogen-bond donors (Lipinski definition) is 1. The van der Waals surface area contributed by atoms with Crippen LogP contribution in [0.2, 0.25) is 0 Å². The summed E-state index contributed by atoms with van der Waals surface area (Å²) in [4.78, 5) is 12.4. The zero-order chi connectivity index (χ0) is 15.2. The molecule has 1 saturated carbocycles. The van der Waals surface area contributed by atoms with Gasteiger partial charge in [-0.15, -0.1) is 0 Å². The van der Waals surface area contributed by atoms with E-state index in [1.807, 2.05) is 19.9 Å². The molecule has 1 heterocycles. The van der Waals surface area contributed by atoms with Crippen molar-refractivity contribution >= 4 is 21.8 Å². The molecular weight excluding hydrogens is 330 g/mol. The first-order valence-corrected chi connectivity index (χ1v) is 8.95. The van der Waals surface area contributed by atoms with Crippen molar-refractivity contribution in [1.82, 2.24) is 15.5 Å². The normalized spacial score (nSPS) is 22.0. The van der Waals surface area contributed by atoms with Crippen LogP contribution < -0.4 is 5.32 Å². The molecule has 1 aliphatic rings. The second kappa shape index (κ2) is 7.87. The fraction of sp³-hybridized carbons (Fsp3) is 0.688. The summed E-state index contributed by atoms with van der Waals surface area (Å²) in [5, 5.41) is 12.3. The molecule has 4 nitrogen and oxygen atoms in total. The summed E-state index contributed by atoms with van der Waals surface area (Å²) in [6, 6.07) is 1.84. The van der Waals surface area contributed by atoms with Crippen molar-refractivity contribution in [2.45, 2.75) is 46.0 Å². The third-order valence-corrected chi connectivity index (χ3v) is 5.19. The molecule has 2 atom stereocenters. The third kappa shape index (κ3) is 4.25. The van der Waals surface area contributed by atoms with Crippen LogP contribution in [0.1, 0.15) is 54.4 Å². The summed E-state index contributed by atoms with van der Waals surface area (Å²) in [6.07, 6.45) is 5.80. The number of nitrogens with one attached hydrogen (secondary N) is 1. The van der Waals surface area contributed by atoms with Crippen molar-refractivity contribution in [3.63, 3.8) is 0 Å². The van der Waals surface area contributed by atoms with Gasteiger partial charge in [-0.3, -0.25) is 4.79 Å². The van der Waals surface area contributed by atoms with E-state index >= 15 is 0 Å². The first kappa shape index (κ1) is 16.4. The van der Waals surface area contributed by atoms with E-state index in [1.54, 1.807) is 0 Å². The lowest BCUT2D eigenvalue weighted by Gasteiger charge is -2.30. The first-order valence-electron chi connectivity index (χ1n) is 7.83. The number of carbonyl (C=O) groups excluding carboxylic acids is 1. The molecule has 2 unspecified atom stereocenters. The number of nitrogens with zero attached hydrogens (tertiary/aromatic N) is 2. The van der Waals surface area contributed by atoms with Gasteiger partial charge < -0.3 is 5.32 Å². The van der Waals surface area contributed by atoms with E-state index in [0.29, 0.717) is 17.4 Å². The predicted octanol–water partition coefficient (Wildman–Crippen LogP) is 3.28. The second-order valence-corrected chi connectivity index (χ2v) is 6.52. The third-order valence-electron chi connectivity index (χ3n) is 4.36. The van der Waals surface area contributed by atoms with E-state index < -0.39 is 0 Å². The highest BCUT2D eigenvalue weighted by Gasteiger charge is 2.25. The SMILES string of the molecule is CCc1nnc(C)cc1C(=O)NCC1CCCCC1CBr. The molecule has 1 fully saturated rings. The van der Waals surface area contributed by atoms with E-state index in [9.17, 15) is 4.79 Å². The average molecular weight is 354 g/mol. The van der Waals surface area contributed by atoms with Gasteiger partial charge in [0.1, 0.15) is 0 Å². The fourth-order valence-corrected chi connectivity index (χ4v) is 3.90. The van der Waals surface area contributed by atoms with Crippen LogP contribution >= 0.6 is 15.9 Å². The molecule has 5 heteroatoms. The summed E-state index contributed by atoms with van der Waals surface area (Å²) < 4.78 is 0. The van der Waals surface area contributed by atoms with Gasteiger partial charge >= 0.3 is 0 Å². The van der Waals surface area contributed by atoms with Crippen LogP contribution in [0.3, 0.4) is 0 Å². The lowest BCUT2D eigenvalue weighted by Crippen LogP contribution is -2.35. The van der Waals surface area contributed by atoms with Gasteiger partial charge in [0.15, 0.2) is 0 Å². The molecular formula is C16H24BrN3O. The first-order chi connectivity index (χ1) is 10.2. The van der Waals surface area contributed by atoms with Crippen molar-refractivity contribution in [2.24, 2.45) is 11.8 Å². The summed E-state index contributed by atoms with van der Waals surface area (Å²) in [5.41, 5.74) is 2.24. The smallest absolute Gasteiger partial charge is 0.253 e. The number of aryl methyl sites for hydroxylation is 2. The molecule has 1 N–H and O–H groups in total. The standard InChI is InChI=1S/C16H24BrN3O/c1-3-15-14(8-11(2)19-20-15)16(21)18-10-13-7-5-4-6-12(13)9-17/h8,12-13H,3-7,9-10H2,1-2H3,(H,18,21). The summed E-state index contributed by atoms with van der Waals surface area (Å²) >= 11 is 3.60. The maximum Gasteiger partial charge on any atom is 0.253 e. The van der Waals surface area contributed by atoms with Crippen molar-refractivity contribution < 1.29 is 4.79 Å². The predicted molar refractivity (Wildman–Crippen MR) is 87.7 cm³/mol. The summed E-state index contributed by atoms with van der Waals surface area (Å²) in [7, 11) is 0. The number of hydrogen-bond acceptors (Lipinski definition) is 3. The van der Waals surface area contributed by atoms with Crippen molar-refractivity contribution in [3.8, 4) is 0 Å². The van der Waals surface area contributed by atoms with Crippen molar-refractivity contribution in [1.29, 1.82) is 0 Å². The van der Waals surface area contributed by atoms with E-state index in [2.05, 4.69) is 31.4 Å². The van der Waals surface area contributed by atoms with Gasteiger partial charge in [0.05, 0.1) is 17.0 Å². The molecule has 21 heavy (non-hydrogen) atoms. The Balaban J connectivity index is 1.99. The van der Waals surface area contributed by atoms with Crippen molar-refractivity contribution in [2.75, 3.05) is 11.9 Å². The Morgan fingerprint density at radius 3 is 2.71 bits per heavy atom. The number of rotatable bonds is 5. The zero-order valence-corrected chi connectivity index (χ0v) is 14.4. The topological polar surface area (TPSA) is 54.9 Å². The Labute approximate surface area is 135 Å².